The third-order valence-electron chi connectivity index (χ3n) is 7.16. The Morgan fingerprint density at radius 2 is 1.73 bits per heavy atom. The van der Waals surface area contributed by atoms with Crippen molar-refractivity contribution in [1.82, 2.24) is 25.5 Å². The van der Waals surface area contributed by atoms with E-state index in [0.29, 0.717) is 35.2 Å². The Kier molecular flexibility index (Phi) is 13.9. The molecule has 3 aromatic rings. The molecule has 1 aliphatic rings. The molecule has 18 heteroatoms. The van der Waals surface area contributed by atoms with Gasteiger partial charge in [-0.05, 0) is 24.3 Å². The zero-order chi connectivity index (χ0) is 35.3. The lowest BCUT2D eigenvalue weighted by Gasteiger charge is -2.17. The SMILES string of the molecule is COc1cc(OP(O)O)cc(OC)c1COc1nc2ccccc2nc1C(=O)NCCNC(=O)CCN1C(=O)CC(SCCCC=O)C1=O. The number of thioether (sulfide) groups is 1. The number of carbonyl (C=O) groups is 5. The van der Waals surface area contributed by atoms with Crippen LogP contribution in [0, 0.1) is 0 Å². The van der Waals surface area contributed by atoms with Gasteiger partial charge < -0.3 is 43.9 Å². The van der Waals surface area contributed by atoms with Crippen LogP contribution in [0.25, 0.3) is 11.0 Å². The Hall–Kier alpha value is -4.57. The maximum absolute atomic E-state index is 13.3. The summed E-state index contributed by atoms with van der Waals surface area (Å²) >= 11 is 1.34. The van der Waals surface area contributed by atoms with E-state index < -0.39 is 25.7 Å². The van der Waals surface area contributed by atoms with Crippen LogP contribution in [0.1, 0.15) is 41.7 Å². The number of likely N-dealkylation sites (tertiary alicyclic amines) is 1. The second-order valence-electron chi connectivity index (χ2n) is 10.4. The van der Waals surface area contributed by atoms with Gasteiger partial charge in [-0.1, -0.05) is 12.1 Å². The van der Waals surface area contributed by atoms with Crippen molar-refractivity contribution >= 4 is 61.3 Å². The molecule has 49 heavy (non-hydrogen) atoms. The summed E-state index contributed by atoms with van der Waals surface area (Å²) in [7, 11) is 0.122. The molecule has 262 valence electrons. The second kappa shape index (κ2) is 18.3. The zero-order valence-corrected chi connectivity index (χ0v) is 28.5. The quantitative estimate of drug-likeness (QED) is 0.0603. The molecule has 0 spiro atoms. The number of unbranched alkanes of at least 4 members (excludes halogenated alkanes) is 1. The number of nitrogens with one attached hydrogen (secondary N) is 2. The smallest absolute Gasteiger partial charge is 0.391 e. The Labute approximate surface area is 286 Å². The van der Waals surface area contributed by atoms with Crippen molar-refractivity contribution in [3.63, 3.8) is 0 Å². The number of amides is 4. The van der Waals surface area contributed by atoms with Crippen LogP contribution < -0.4 is 29.4 Å². The minimum atomic E-state index is -2.68. The maximum atomic E-state index is 13.3. The molecule has 0 saturated carbocycles. The van der Waals surface area contributed by atoms with Gasteiger partial charge in [0, 0.05) is 51.0 Å². The van der Waals surface area contributed by atoms with Crippen LogP contribution in [0.5, 0.6) is 23.1 Å². The average Bonchev–Trinajstić information content (AvgIpc) is 3.36. The number of methoxy groups -OCH3 is 2. The molecule has 1 fully saturated rings. The Morgan fingerprint density at radius 3 is 2.39 bits per heavy atom. The number of hydrogen-bond acceptors (Lipinski definition) is 14. The van der Waals surface area contributed by atoms with E-state index in [2.05, 4.69) is 20.6 Å². The molecule has 2 heterocycles. The van der Waals surface area contributed by atoms with Gasteiger partial charge in [0.15, 0.2) is 5.69 Å². The summed E-state index contributed by atoms with van der Waals surface area (Å²) in [6.07, 6.45) is 1.81. The number of carbonyl (C=O) groups excluding carboxylic acids is 5. The highest BCUT2D eigenvalue weighted by molar-refractivity contribution is 8.00. The zero-order valence-electron chi connectivity index (χ0n) is 26.7. The molecular formula is C31H36N5O11PS. The molecule has 4 amide bonds. The molecule has 0 aliphatic carbocycles. The van der Waals surface area contributed by atoms with Gasteiger partial charge in [0.05, 0.1) is 36.1 Å². The van der Waals surface area contributed by atoms with Crippen LogP contribution in [0.2, 0.25) is 0 Å². The van der Waals surface area contributed by atoms with Crippen LogP contribution in [-0.4, -0.2) is 99.4 Å². The lowest BCUT2D eigenvalue weighted by atomic mass is 10.1. The molecule has 1 unspecified atom stereocenters. The van der Waals surface area contributed by atoms with E-state index in [1.165, 1.54) is 38.1 Å². The van der Waals surface area contributed by atoms with Crippen molar-refractivity contribution < 1.29 is 52.5 Å². The summed E-state index contributed by atoms with van der Waals surface area (Å²) in [5, 5.41) is 4.84. The first-order valence-electron chi connectivity index (χ1n) is 15.1. The number of aromatic nitrogens is 2. The van der Waals surface area contributed by atoms with E-state index in [4.69, 9.17) is 18.7 Å². The Morgan fingerprint density at radius 1 is 1.06 bits per heavy atom. The molecule has 2 aromatic carbocycles. The molecule has 4 N–H and O–H groups in total. The molecule has 4 rings (SSSR count). The largest absolute Gasteiger partial charge is 0.496 e. The third-order valence-corrected chi connectivity index (χ3v) is 8.83. The van der Waals surface area contributed by atoms with Gasteiger partial charge in [-0.2, -0.15) is 0 Å². The fourth-order valence-corrected chi connectivity index (χ4v) is 6.24. The van der Waals surface area contributed by atoms with E-state index in [-0.39, 0.29) is 79.7 Å². The molecule has 0 bridgehead atoms. The Balaban J connectivity index is 1.34. The molecule has 1 aromatic heterocycles. The van der Waals surface area contributed by atoms with Gasteiger partial charge in [-0.15, -0.1) is 11.8 Å². The van der Waals surface area contributed by atoms with Crippen LogP contribution in [0.4, 0.5) is 0 Å². The molecule has 1 saturated heterocycles. The first kappa shape index (κ1) is 37.3. The Bertz CT molecular complexity index is 1650. The first-order chi connectivity index (χ1) is 23.6. The fraction of sp³-hybridized carbons (Fsp3) is 0.387. The predicted octanol–water partition coefficient (Wildman–Crippen LogP) is 1.89. The van der Waals surface area contributed by atoms with E-state index in [1.54, 1.807) is 24.3 Å². The molecule has 1 aliphatic heterocycles. The monoisotopic (exact) mass is 717 g/mol. The number of aldehydes is 1. The highest BCUT2D eigenvalue weighted by Crippen LogP contribution is 2.39. The van der Waals surface area contributed by atoms with Crippen molar-refractivity contribution in [2.45, 2.75) is 37.5 Å². The van der Waals surface area contributed by atoms with E-state index >= 15 is 0 Å². The van der Waals surface area contributed by atoms with E-state index in [1.807, 2.05) is 0 Å². The van der Waals surface area contributed by atoms with Gasteiger partial charge in [0.2, 0.25) is 23.6 Å². The lowest BCUT2D eigenvalue weighted by Crippen LogP contribution is -2.38. The number of nitrogens with zero attached hydrogens (tertiary/aromatic N) is 3. The summed E-state index contributed by atoms with van der Waals surface area (Å²) in [6.45, 7) is -0.138. The number of hydrogen-bond donors (Lipinski definition) is 4. The van der Waals surface area contributed by atoms with Gasteiger partial charge in [-0.25, -0.2) is 9.97 Å². The van der Waals surface area contributed by atoms with Crippen molar-refractivity contribution in [2.24, 2.45) is 0 Å². The number of fused-ring (bicyclic) bond motifs is 1. The topological polar surface area (TPSA) is 216 Å². The number of benzene rings is 2. The van der Waals surface area contributed by atoms with Gasteiger partial charge in [-0.3, -0.25) is 24.1 Å². The van der Waals surface area contributed by atoms with Crippen molar-refractivity contribution in [1.29, 1.82) is 0 Å². The molecular weight excluding hydrogens is 681 g/mol. The van der Waals surface area contributed by atoms with Crippen LogP contribution in [0.15, 0.2) is 36.4 Å². The third kappa shape index (κ3) is 10.2. The fourth-order valence-electron chi connectivity index (χ4n) is 4.80. The summed E-state index contributed by atoms with van der Waals surface area (Å²) in [4.78, 5) is 89.6. The van der Waals surface area contributed by atoms with Crippen molar-refractivity contribution in [2.75, 3.05) is 39.6 Å². The number of ether oxygens (including phenoxy) is 3. The van der Waals surface area contributed by atoms with Gasteiger partial charge in [0.25, 0.3) is 5.91 Å². The van der Waals surface area contributed by atoms with Crippen LogP contribution in [0.3, 0.4) is 0 Å². The normalized spacial score (nSPS) is 14.2. The van der Waals surface area contributed by atoms with Crippen LogP contribution >= 0.6 is 20.4 Å². The highest BCUT2D eigenvalue weighted by atomic mass is 32.2. The molecule has 1 atom stereocenters. The van der Waals surface area contributed by atoms with Gasteiger partial charge >= 0.3 is 8.60 Å². The summed E-state index contributed by atoms with van der Waals surface area (Å²) in [5.41, 5.74) is 1.23. The first-order valence-corrected chi connectivity index (χ1v) is 17.3. The van der Waals surface area contributed by atoms with Gasteiger partial charge in [0.1, 0.15) is 30.1 Å². The average molecular weight is 718 g/mol. The predicted molar refractivity (Wildman–Crippen MR) is 178 cm³/mol. The molecule has 0 radical (unpaired) electrons. The minimum Gasteiger partial charge on any atom is -0.496 e. The number of imide groups is 1. The van der Waals surface area contributed by atoms with Crippen molar-refractivity contribution in [3.8, 4) is 23.1 Å². The van der Waals surface area contributed by atoms with Crippen LogP contribution in [-0.2, 0) is 25.8 Å². The number of rotatable bonds is 19. The number of para-hydroxylation sites is 2. The standard InChI is InChI=1S/C31H36N5O11PS/c1-44-23-15-19(47-48(42)43)16-24(45-2)20(23)18-46-30-28(34-21-7-3-4-8-22(21)35-30)29(40)33-11-10-32-26(38)9-12-36-27(39)17-25(31(36)41)49-14-6-5-13-37/h3-4,7-8,13,15-16,25,42-43H,5-6,9-12,14,17-18H2,1-2H3,(H,32,38)(H,33,40). The summed E-state index contributed by atoms with van der Waals surface area (Å²) in [6, 6.07) is 9.75. The second-order valence-corrected chi connectivity index (χ2v) is 12.4. The minimum absolute atomic E-state index is 0.0287. The summed E-state index contributed by atoms with van der Waals surface area (Å²) < 4.78 is 21.8. The van der Waals surface area contributed by atoms with E-state index in [9.17, 15) is 33.8 Å². The molecule has 16 nitrogen and oxygen atoms in total. The maximum Gasteiger partial charge on any atom is 0.391 e. The highest BCUT2D eigenvalue weighted by Gasteiger charge is 2.38. The summed E-state index contributed by atoms with van der Waals surface area (Å²) in [5.74, 6) is -0.578. The van der Waals surface area contributed by atoms with Crippen molar-refractivity contribution in [3.05, 3.63) is 47.7 Å². The lowest BCUT2D eigenvalue weighted by molar-refractivity contribution is -0.138. The van der Waals surface area contributed by atoms with E-state index in [0.717, 1.165) is 11.2 Å².